The minimum absolute atomic E-state index is 0.183. The molecule has 0 fully saturated rings. The van der Waals surface area contributed by atoms with Gasteiger partial charge < -0.3 is 0 Å². The lowest BCUT2D eigenvalue weighted by atomic mass is 10.2. The zero-order chi connectivity index (χ0) is 16.1. The highest BCUT2D eigenvalue weighted by Gasteiger charge is 2.06. The number of thioether (sulfide) groups is 1. The van der Waals surface area contributed by atoms with Crippen molar-refractivity contribution < 1.29 is 4.79 Å². The summed E-state index contributed by atoms with van der Waals surface area (Å²) >= 11 is 8.98. The summed E-state index contributed by atoms with van der Waals surface area (Å²) in [5.41, 5.74) is 4.20. The number of para-hydroxylation sites is 1. The molecule has 3 rings (SSSR count). The molecule has 2 aromatic carbocycles. The van der Waals surface area contributed by atoms with Crippen LogP contribution in [0.2, 0.25) is 5.02 Å². The van der Waals surface area contributed by atoms with Crippen LogP contribution >= 0.6 is 34.7 Å². The van der Waals surface area contributed by atoms with Crippen LogP contribution in [-0.2, 0) is 4.79 Å². The lowest BCUT2D eigenvalue weighted by Gasteiger charge is -1.98. The fourth-order valence-electron chi connectivity index (χ4n) is 1.83. The third-order valence-corrected chi connectivity index (χ3v) is 5.42. The first-order valence-electron chi connectivity index (χ1n) is 6.77. The van der Waals surface area contributed by atoms with Crippen molar-refractivity contribution >= 4 is 57.0 Å². The largest absolute Gasteiger partial charge is 0.272 e. The first-order valence-corrected chi connectivity index (χ1v) is 8.95. The average Bonchev–Trinajstić information content (AvgIpc) is 2.98. The number of hydrogen-bond donors (Lipinski definition) is 1. The Labute approximate surface area is 146 Å². The standard InChI is InChI=1S/C16H12ClN3OS2/c17-12-6-2-1-5-11(12)9-18-20-15(21)10-22-16-19-13-7-3-4-8-14(13)23-16/h1-9H,10H2,(H,20,21)/b18-9-. The molecule has 7 heteroatoms. The van der Waals surface area contributed by atoms with Gasteiger partial charge in [-0.15, -0.1) is 11.3 Å². The number of benzene rings is 2. The van der Waals surface area contributed by atoms with E-state index in [0.29, 0.717) is 5.02 Å². The summed E-state index contributed by atoms with van der Waals surface area (Å²) in [5.74, 6) is 0.0808. The van der Waals surface area contributed by atoms with E-state index in [1.165, 1.54) is 18.0 Å². The van der Waals surface area contributed by atoms with E-state index in [9.17, 15) is 4.79 Å². The van der Waals surface area contributed by atoms with Crippen LogP contribution in [0, 0.1) is 0 Å². The Hall–Kier alpha value is -1.89. The smallest absolute Gasteiger partial charge is 0.250 e. The Morgan fingerprint density at radius 3 is 2.87 bits per heavy atom. The molecule has 0 bridgehead atoms. The number of thiazole rings is 1. The maximum Gasteiger partial charge on any atom is 0.250 e. The van der Waals surface area contributed by atoms with E-state index in [-0.39, 0.29) is 11.7 Å². The van der Waals surface area contributed by atoms with Gasteiger partial charge in [0.1, 0.15) is 0 Å². The van der Waals surface area contributed by atoms with Crippen LogP contribution < -0.4 is 5.43 Å². The summed E-state index contributed by atoms with van der Waals surface area (Å²) in [6.07, 6.45) is 1.53. The Morgan fingerprint density at radius 1 is 1.26 bits per heavy atom. The summed E-state index contributed by atoms with van der Waals surface area (Å²) in [6, 6.07) is 15.2. The van der Waals surface area contributed by atoms with Gasteiger partial charge in [-0.3, -0.25) is 4.79 Å². The lowest BCUT2D eigenvalue weighted by Crippen LogP contribution is -2.19. The van der Waals surface area contributed by atoms with Gasteiger partial charge in [0, 0.05) is 10.6 Å². The van der Waals surface area contributed by atoms with Crippen LogP contribution in [0.25, 0.3) is 10.2 Å². The molecular formula is C16H12ClN3OS2. The fraction of sp³-hybridized carbons (Fsp3) is 0.0625. The van der Waals surface area contributed by atoms with Gasteiger partial charge in [-0.25, -0.2) is 10.4 Å². The van der Waals surface area contributed by atoms with Gasteiger partial charge in [-0.05, 0) is 18.2 Å². The number of rotatable bonds is 5. The minimum atomic E-state index is -0.183. The predicted octanol–water partition coefficient (Wildman–Crippen LogP) is 4.19. The van der Waals surface area contributed by atoms with Gasteiger partial charge in [0.2, 0.25) is 0 Å². The number of hydrogen-bond acceptors (Lipinski definition) is 5. The summed E-state index contributed by atoms with van der Waals surface area (Å²) < 4.78 is 1.99. The normalized spacial score (nSPS) is 11.2. The molecule has 4 nitrogen and oxygen atoms in total. The zero-order valence-electron chi connectivity index (χ0n) is 11.9. The van der Waals surface area contributed by atoms with E-state index in [1.807, 2.05) is 42.5 Å². The molecule has 0 aliphatic carbocycles. The molecule has 0 unspecified atom stereocenters. The van der Waals surface area contributed by atoms with Gasteiger partial charge in [-0.1, -0.05) is 53.7 Å². The summed E-state index contributed by atoms with van der Waals surface area (Å²) in [6.45, 7) is 0. The maximum absolute atomic E-state index is 11.8. The molecular weight excluding hydrogens is 350 g/mol. The molecule has 0 radical (unpaired) electrons. The Balaban J connectivity index is 1.52. The van der Waals surface area contributed by atoms with Crippen LogP contribution in [0.15, 0.2) is 58.0 Å². The van der Waals surface area contributed by atoms with E-state index in [0.717, 1.165) is 20.1 Å². The number of carbonyl (C=O) groups is 1. The zero-order valence-corrected chi connectivity index (χ0v) is 14.3. The second-order valence-corrected chi connectivity index (χ2v) is 7.21. The van der Waals surface area contributed by atoms with Crippen LogP contribution in [-0.4, -0.2) is 22.9 Å². The molecule has 0 spiro atoms. The SMILES string of the molecule is O=C(CSc1nc2ccccc2s1)N/N=C\c1ccccc1Cl. The molecule has 0 aliphatic rings. The fourth-order valence-corrected chi connectivity index (χ4v) is 3.87. The molecule has 0 aliphatic heterocycles. The number of nitrogens with one attached hydrogen (secondary N) is 1. The molecule has 1 N–H and O–H groups in total. The van der Waals surface area contributed by atoms with E-state index in [2.05, 4.69) is 15.5 Å². The first kappa shape index (κ1) is 16.0. The molecule has 1 heterocycles. The molecule has 1 aromatic heterocycles. The van der Waals surface area contributed by atoms with Gasteiger partial charge in [0.15, 0.2) is 4.34 Å². The maximum atomic E-state index is 11.8. The minimum Gasteiger partial charge on any atom is -0.272 e. The van der Waals surface area contributed by atoms with Gasteiger partial charge in [0.25, 0.3) is 5.91 Å². The first-order chi connectivity index (χ1) is 11.2. The molecule has 116 valence electrons. The molecule has 0 atom stereocenters. The molecule has 3 aromatic rings. The topological polar surface area (TPSA) is 54.4 Å². The Bertz CT molecular complexity index is 830. The van der Waals surface area contributed by atoms with E-state index < -0.39 is 0 Å². The monoisotopic (exact) mass is 361 g/mol. The highest BCUT2D eigenvalue weighted by atomic mass is 35.5. The molecule has 23 heavy (non-hydrogen) atoms. The Morgan fingerprint density at radius 2 is 2.04 bits per heavy atom. The van der Waals surface area contributed by atoms with Crippen LogP contribution in [0.5, 0.6) is 0 Å². The van der Waals surface area contributed by atoms with Gasteiger partial charge in [-0.2, -0.15) is 5.10 Å². The number of halogens is 1. The number of hydrazone groups is 1. The van der Waals surface area contributed by atoms with E-state index >= 15 is 0 Å². The van der Waals surface area contributed by atoms with Crippen molar-refractivity contribution in [2.75, 3.05) is 5.75 Å². The van der Waals surface area contributed by atoms with Crippen molar-refractivity contribution in [1.29, 1.82) is 0 Å². The number of fused-ring (bicyclic) bond motifs is 1. The number of carbonyl (C=O) groups excluding carboxylic acids is 1. The summed E-state index contributed by atoms with van der Waals surface area (Å²) in [4.78, 5) is 16.3. The second kappa shape index (κ2) is 7.59. The van der Waals surface area contributed by atoms with Crippen molar-refractivity contribution in [3.63, 3.8) is 0 Å². The van der Waals surface area contributed by atoms with Crippen molar-refractivity contribution in [2.24, 2.45) is 5.10 Å². The average molecular weight is 362 g/mol. The lowest BCUT2D eigenvalue weighted by molar-refractivity contribution is -0.118. The third kappa shape index (κ3) is 4.31. The number of aromatic nitrogens is 1. The van der Waals surface area contributed by atoms with Crippen molar-refractivity contribution in [3.8, 4) is 0 Å². The Kier molecular flexibility index (Phi) is 5.27. The summed E-state index contributed by atoms with van der Waals surface area (Å²) in [5, 5.41) is 4.51. The van der Waals surface area contributed by atoms with Crippen molar-refractivity contribution in [3.05, 3.63) is 59.1 Å². The van der Waals surface area contributed by atoms with Crippen LogP contribution in [0.4, 0.5) is 0 Å². The van der Waals surface area contributed by atoms with Crippen LogP contribution in [0.1, 0.15) is 5.56 Å². The number of amides is 1. The van der Waals surface area contributed by atoms with Crippen molar-refractivity contribution in [2.45, 2.75) is 4.34 Å². The molecule has 0 saturated heterocycles. The van der Waals surface area contributed by atoms with Gasteiger partial charge in [0.05, 0.1) is 22.2 Å². The van der Waals surface area contributed by atoms with E-state index in [4.69, 9.17) is 11.6 Å². The quantitative estimate of drug-likeness (QED) is 0.421. The molecule has 1 amide bonds. The van der Waals surface area contributed by atoms with E-state index in [1.54, 1.807) is 17.4 Å². The highest BCUT2D eigenvalue weighted by molar-refractivity contribution is 8.01. The van der Waals surface area contributed by atoms with Crippen molar-refractivity contribution in [1.82, 2.24) is 10.4 Å². The highest BCUT2D eigenvalue weighted by Crippen LogP contribution is 2.28. The van der Waals surface area contributed by atoms with Crippen LogP contribution in [0.3, 0.4) is 0 Å². The van der Waals surface area contributed by atoms with Gasteiger partial charge >= 0.3 is 0 Å². The third-order valence-electron chi connectivity index (χ3n) is 2.90. The predicted molar refractivity (Wildman–Crippen MR) is 97.5 cm³/mol. The molecule has 0 saturated carbocycles. The second-order valence-electron chi connectivity index (χ2n) is 4.55. The summed E-state index contributed by atoms with van der Waals surface area (Å²) in [7, 11) is 0. The number of nitrogens with zero attached hydrogens (tertiary/aromatic N) is 2.